The Morgan fingerprint density at radius 1 is 1.26 bits per heavy atom. The van der Waals surface area contributed by atoms with E-state index in [1.54, 1.807) is 29.2 Å². The molecule has 6 heteroatoms. The summed E-state index contributed by atoms with van der Waals surface area (Å²) in [7, 11) is 0. The van der Waals surface area contributed by atoms with Crippen molar-refractivity contribution < 1.29 is 4.79 Å². The molecule has 0 unspecified atom stereocenters. The molecule has 1 aliphatic heterocycles. The van der Waals surface area contributed by atoms with Gasteiger partial charge in [0.2, 0.25) is 5.91 Å². The molecule has 0 aliphatic carbocycles. The van der Waals surface area contributed by atoms with E-state index in [1.807, 2.05) is 19.1 Å². The predicted octanol–water partition coefficient (Wildman–Crippen LogP) is 2.61. The largest absolute Gasteiger partial charge is 0.345 e. The minimum atomic E-state index is -0.272. The van der Waals surface area contributed by atoms with Crippen molar-refractivity contribution >= 4 is 17.3 Å². The Bertz CT molecular complexity index is 773. The average molecular weight is 305 g/mol. The van der Waals surface area contributed by atoms with E-state index in [0.29, 0.717) is 18.7 Å². The van der Waals surface area contributed by atoms with E-state index in [1.165, 1.54) is 0 Å². The van der Waals surface area contributed by atoms with Crippen molar-refractivity contribution in [3.05, 3.63) is 35.0 Å². The molecule has 1 aromatic rings. The molecule has 1 N–H and O–H groups in total. The second-order valence-electron chi connectivity index (χ2n) is 5.06. The van der Waals surface area contributed by atoms with Crippen LogP contribution in [-0.2, 0) is 11.2 Å². The summed E-state index contributed by atoms with van der Waals surface area (Å²) in [6, 6.07) is 10.7. The van der Waals surface area contributed by atoms with Gasteiger partial charge >= 0.3 is 0 Å². The third-order valence-electron chi connectivity index (χ3n) is 3.66. The lowest BCUT2D eigenvalue weighted by Crippen LogP contribution is -2.34. The molecule has 0 fully saturated rings. The van der Waals surface area contributed by atoms with Crippen molar-refractivity contribution in [2.24, 2.45) is 0 Å². The minimum absolute atomic E-state index is 0.0499. The lowest BCUT2D eigenvalue weighted by atomic mass is 10.0. The van der Waals surface area contributed by atoms with Crippen molar-refractivity contribution in [2.45, 2.75) is 26.2 Å². The first-order valence-corrected chi connectivity index (χ1v) is 7.29. The number of nitrogens with zero attached hydrogens (tertiary/aromatic N) is 4. The molecule has 0 saturated heterocycles. The van der Waals surface area contributed by atoms with Crippen LogP contribution >= 0.6 is 0 Å². The number of carbonyl (C=O) groups excluding carboxylic acids is 1. The first kappa shape index (κ1) is 16.1. The zero-order valence-corrected chi connectivity index (χ0v) is 12.8. The number of hydrogen-bond acceptors (Lipinski definition) is 5. The fraction of sp³-hybridized carbons (Fsp3) is 0.294. The highest BCUT2D eigenvalue weighted by Gasteiger charge is 2.21. The Balaban J connectivity index is 2.40. The van der Waals surface area contributed by atoms with Crippen molar-refractivity contribution in [3.8, 4) is 18.2 Å². The Morgan fingerprint density at radius 2 is 2.00 bits per heavy atom. The number of nitriles is 3. The van der Waals surface area contributed by atoms with Crippen LogP contribution in [0.1, 0.15) is 25.3 Å². The Labute approximate surface area is 134 Å². The number of anilines is 2. The summed E-state index contributed by atoms with van der Waals surface area (Å²) in [5, 5.41) is 29.6. The molecule has 114 valence electrons. The van der Waals surface area contributed by atoms with Crippen LogP contribution in [0, 0.1) is 34.0 Å². The number of fused-ring (bicyclic) bond motifs is 1. The van der Waals surface area contributed by atoms with E-state index in [-0.39, 0.29) is 17.2 Å². The van der Waals surface area contributed by atoms with Crippen molar-refractivity contribution in [2.75, 3.05) is 16.8 Å². The molecule has 1 aliphatic rings. The van der Waals surface area contributed by atoms with Gasteiger partial charge < -0.3 is 10.2 Å². The second-order valence-corrected chi connectivity index (χ2v) is 5.06. The molecule has 1 heterocycles. The van der Waals surface area contributed by atoms with Crippen LogP contribution in [0.3, 0.4) is 0 Å². The molecule has 0 radical (unpaired) electrons. The Morgan fingerprint density at radius 3 is 2.61 bits per heavy atom. The van der Waals surface area contributed by atoms with Crippen molar-refractivity contribution in [1.29, 1.82) is 15.8 Å². The fourth-order valence-electron chi connectivity index (χ4n) is 2.53. The molecule has 1 amide bonds. The van der Waals surface area contributed by atoms with Crippen LogP contribution in [0.5, 0.6) is 0 Å². The predicted molar refractivity (Wildman–Crippen MR) is 84.9 cm³/mol. The van der Waals surface area contributed by atoms with Gasteiger partial charge in [0.25, 0.3) is 0 Å². The molecular weight excluding hydrogens is 290 g/mol. The molecule has 0 aromatic heterocycles. The summed E-state index contributed by atoms with van der Waals surface area (Å²) in [4.78, 5) is 13.8. The SMILES string of the molecule is CCC(=O)N1CCCc2ccc(NC(C#N)=C(C#N)C#N)cc21. The standard InChI is InChI=1S/C17H15N5O/c1-2-17(23)22-7-3-4-12-5-6-14(8-16(12)22)21-15(11-20)13(9-18)10-19/h5-6,8,21H,2-4,7H2,1H3. The van der Waals surface area contributed by atoms with Gasteiger partial charge in [-0.05, 0) is 30.5 Å². The van der Waals surface area contributed by atoms with Gasteiger partial charge in [-0.2, -0.15) is 15.8 Å². The number of nitrogens with one attached hydrogen (secondary N) is 1. The summed E-state index contributed by atoms with van der Waals surface area (Å²) in [6.45, 7) is 2.49. The molecular formula is C17H15N5O. The number of carbonyl (C=O) groups is 1. The topological polar surface area (TPSA) is 104 Å². The first-order valence-electron chi connectivity index (χ1n) is 7.29. The van der Waals surface area contributed by atoms with E-state index in [9.17, 15) is 4.79 Å². The van der Waals surface area contributed by atoms with Crippen LogP contribution in [0.2, 0.25) is 0 Å². The van der Waals surface area contributed by atoms with Gasteiger partial charge in [0.05, 0.1) is 0 Å². The molecule has 6 nitrogen and oxygen atoms in total. The quantitative estimate of drug-likeness (QED) is 0.864. The highest BCUT2D eigenvalue weighted by atomic mass is 16.2. The molecule has 2 rings (SSSR count). The van der Waals surface area contributed by atoms with Crippen LogP contribution < -0.4 is 10.2 Å². The summed E-state index contributed by atoms with van der Waals surface area (Å²) in [5.74, 6) is 0.0499. The van der Waals surface area contributed by atoms with Crippen molar-refractivity contribution in [1.82, 2.24) is 0 Å². The van der Waals surface area contributed by atoms with Gasteiger partial charge in [0.15, 0.2) is 5.57 Å². The molecule has 0 atom stereocenters. The summed E-state index contributed by atoms with van der Waals surface area (Å²) < 4.78 is 0. The number of amides is 1. The van der Waals surface area contributed by atoms with E-state index in [2.05, 4.69) is 5.32 Å². The third kappa shape index (κ3) is 3.31. The van der Waals surface area contributed by atoms with Gasteiger partial charge in [-0.25, -0.2) is 0 Å². The van der Waals surface area contributed by atoms with E-state index >= 15 is 0 Å². The van der Waals surface area contributed by atoms with E-state index in [0.717, 1.165) is 24.1 Å². The zero-order chi connectivity index (χ0) is 16.8. The maximum Gasteiger partial charge on any atom is 0.226 e. The molecule has 0 saturated carbocycles. The first-order chi connectivity index (χ1) is 11.1. The van der Waals surface area contributed by atoms with Crippen molar-refractivity contribution in [3.63, 3.8) is 0 Å². The van der Waals surface area contributed by atoms with E-state index < -0.39 is 0 Å². The van der Waals surface area contributed by atoms with Gasteiger partial charge in [-0.1, -0.05) is 13.0 Å². The maximum absolute atomic E-state index is 12.1. The Kier molecular flexibility index (Phi) is 4.97. The van der Waals surface area contributed by atoms with Gasteiger partial charge in [0, 0.05) is 24.3 Å². The highest BCUT2D eigenvalue weighted by Crippen LogP contribution is 2.31. The lowest BCUT2D eigenvalue weighted by molar-refractivity contribution is -0.118. The third-order valence-corrected chi connectivity index (χ3v) is 3.66. The molecule has 0 spiro atoms. The molecule has 1 aromatic carbocycles. The summed E-state index contributed by atoms with van der Waals surface area (Å²) in [5.41, 5.74) is 2.10. The monoisotopic (exact) mass is 305 g/mol. The molecule has 23 heavy (non-hydrogen) atoms. The van der Waals surface area contributed by atoms with Gasteiger partial charge in [-0.15, -0.1) is 0 Å². The van der Waals surface area contributed by atoms with Crippen LogP contribution in [0.15, 0.2) is 29.5 Å². The number of hydrogen-bond donors (Lipinski definition) is 1. The average Bonchev–Trinajstić information content (AvgIpc) is 2.60. The Hall–Kier alpha value is -3.30. The summed E-state index contributed by atoms with van der Waals surface area (Å²) >= 11 is 0. The van der Waals surface area contributed by atoms with Gasteiger partial charge in [-0.3, -0.25) is 4.79 Å². The number of rotatable bonds is 3. The lowest BCUT2D eigenvalue weighted by Gasteiger charge is -2.29. The highest BCUT2D eigenvalue weighted by molar-refractivity contribution is 5.95. The number of aryl methyl sites for hydroxylation is 1. The number of benzene rings is 1. The second kappa shape index (κ2) is 7.11. The fourth-order valence-corrected chi connectivity index (χ4v) is 2.53. The van der Waals surface area contributed by atoms with Crippen LogP contribution in [0.4, 0.5) is 11.4 Å². The van der Waals surface area contributed by atoms with Gasteiger partial charge in [0.1, 0.15) is 23.9 Å². The zero-order valence-electron chi connectivity index (χ0n) is 12.8. The van der Waals surface area contributed by atoms with Crippen LogP contribution in [-0.4, -0.2) is 12.5 Å². The summed E-state index contributed by atoms with van der Waals surface area (Å²) in [6.07, 6.45) is 2.24. The van der Waals surface area contributed by atoms with E-state index in [4.69, 9.17) is 15.8 Å². The van der Waals surface area contributed by atoms with Crippen LogP contribution in [0.25, 0.3) is 0 Å². The normalized spacial score (nSPS) is 12.2. The number of allylic oxidation sites excluding steroid dienone is 2. The minimum Gasteiger partial charge on any atom is -0.345 e. The maximum atomic E-state index is 12.1. The molecule has 0 bridgehead atoms. The smallest absolute Gasteiger partial charge is 0.226 e.